The molecular formula is C22H18ClN5O3. The highest BCUT2D eigenvalue weighted by Gasteiger charge is 2.23. The minimum Gasteiger partial charge on any atom is -0.382 e. The van der Waals surface area contributed by atoms with Crippen LogP contribution in [-0.4, -0.2) is 32.8 Å². The first-order chi connectivity index (χ1) is 14.9. The number of carbonyl (C=O) groups excluding carboxylic acids is 1. The zero-order chi connectivity index (χ0) is 22.4. The molecule has 0 saturated heterocycles. The third-order valence-corrected chi connectivity index (χ3v) is 4.56. The molecule has 0 fully saturated rings. The Bertz CT molecular complexity index is 1280. The molecule has 3 N–H and O–H groups in total. The number of aromatic nitrogens is 2. The molecule has 0 bridgehead atoms. The molecule has 0 saturated carbocycles. The van der Waals surface area contributed by atoms with Crippen LogP contribution in [0, 0.1) is 11.3 Å². The number of nitriles is 1. The van der Waals surface area contributed by atoms with Gasteiger partial charge in [-0.05, 0) is 36.3 Å². The van der Waals surface area contributed by atoms with Crippen molar-refractivity contribution in [3.05, 3.63) is 80.7 Å². The number of amides is 1. The van der Waals surface area contributed by atoms with Gasteiger partial charge in [-0.3, -0.25) is 9.59 Å². The zero-order valence-electron chi connectivity index (χ0n) is 16.5. The molecule has 2 aromatic carbocycles. The maximum absolute atomic E-state index is 12.7. The van der Waals surface area contributed by atoms with Crippen LogP contribution >= 0.6 is 11.6 Å². The minimum atomic E-state index is -1.35. The van der Waals surface area contributed by atoms with Crippen molar-refractivity contribution in [3.8, 4) is 6.07 Å². The van der Waals surface area contributed by atoms with Crippen molar-refractivity contribution < 1.29 is 9.90 Å². The van der Waals surface area contributed by atoms with Crippen LogP contribution < -0.4 is 11.0 Å². The summed E-state index contributed by atoms with van der Waals surface area (Å²) in [5.74, 6) is -0.680. The quantitative estimate of drug-likeness (QED) is 0.404. The predicted octanol–water partition coefficient (Wildman–Crippen LogP) is 2.77. The summed E-state index contributed by atoms with van der Waals surface area (Å²) in [5, 5.41) is 24.0. The number of nitrogens with one attached hydrogen (secondary N) is 2. The summed E-state index contributed by atoms with van der Waals surface area (Å²) in [4.78, 5) is 31.4. The van der Waals surface area contributed by atoms with Crippen molar-refractivity contribution in [1.29, 1.82) is 5.26 Å². The van der Waals surface area contributed by atoms with Crippen molar-refractivity contribution in [2.45, 2.75) is 19.4 Å². The second-order valence-electron chi connectivity index (χ2n) is 6.64. The molecule has 0 spiro atoms. The van der Waals surface area contributed by atoms with Crippen molar-refractivity contribution in [2.75, 3.05) is 0 Å². The van der Waals surface area contributed by atoms with Crippen LogP contribution in [0.3, 0.4) is 0 Å². The standard InChI is InChI=1S/C22H18ClN5O3/c1-13(11-14-5-3-2-4-6-14)21(30)19(28-27-18(29)9-10-24)20-22(31)26-17-12-15(23)7-8-16(17)25-20/h2-8,11-12,21,30H,9H2,1H3,(H,26,31)(H,27,29)/b13-11+,28-19-. The van der Waals surface area contributed by atoms with E-state index in [0.717, 1.165) is 5.56 Å². The summed E-state index contributed by atoms with van der Waals surface area (Å²) in [5.41, 5.74) is 3.40. The highest BCUT2D eigenvalue weighted by Crippen LogP contribution is 2.17. The molecule has 1 aromatic heterocycles. The van der Waals surface area contributed by atoms with Gasteiger partial charge in [-0.15, -0.1) is 0 Å². The Balaban J connectivity index is 2.08. The summed E-state index contributed by atoms with van der Waals surface area (Å²) < 4.78 is 0. The largest absolute Gasteiger partial charge is 0.382 e. The predicted molar refractivity (Wildman–Crippen MR) is 118 cm³/mol. The molecule has 1 unspecified atom stereocenters. The number of carbonyl (C=O) groups is 1. The smallest absolute Gasteiger partial charge is 0.276 e. The van der Waals surface area contributed by atoms with E-state index < -0.39 is 24.0 Å². The number of aliphatic hydroxyl groups is 1. The molecule has 0 aliphatic heterocycles. The number of hydrogen-bond donors (Lipinski definition) is 3. The number of aliphatic hydroxyl groups excluding tert-OH is 1. The summed E-state index contributed by atoms with van der Waals surface area (Å²) >= 11 is 5.96. The second kappa shape index (κ2) is 9.80. The number of hydrazone groups is 1. The maximum atomic E-state index is 12.7. The number of rotatable bonds is 6. The number of fused-ring (bicyclic) bond motifs is 1. The van der Waals surface area contributed by atoms with Gasteiger partial charge >= 0.3 is 0 Å². The molecule has 31 heavy (non-hydrogen) atoms. The molecule has 0 radical (unpaired) electrons. The van der Waals surface area contributed by atoms with Crippen LogP contribution in [0.2, 0.25) is 5.02 Å². The fourth-order valence-electron chi connectivity index (χ4n) is 2.82. The summed E-state index contributed by atoms with van der Waals surface area (Å²) in [6.07, 6.45) is -0.0428. The van der Waals surface area contributed by atoms with Gasteiger partial charge in [0.25, 0.3) is 11.5 Å². The third kappa shape index (κ3) is 5.42. The van der Waals surface area contributed by atoms with Crippen molar-refractivity contribution in [3.63, 3.8) is 0 Å². The maximum Gasteiger partial charge on any atom is 0.276 e. The minimum absolute atomic E-state index is 0.158. The zero-order valence-corrected chi connectivity index (χ0v) is 17.2. The number of halogens is 1. The van der Waals surface area contributed by atoms with Crippen LogP contribution in [0.4, 0.5) is 0 Å². The van der Waals surface area contributed by atoms with Gasteiger partial charge in [0.1, 0.15) is 18.2 Å². The van der Waals surface area contributed by atoms with E-state index in [2.05, 4.69) is 20.5 Å². The number of H-pyrrole nitrogens is 1. The van der Waals surface area contributed by atoms with Crippen molar-refractivity contribution >= 4 is 40.3 Å². The van der Waals surface area contributed by atoms with Crippen molar-refractivity contribution in [1.82, 2.24) is 15.4 Å². The molecule has 3 aromatic rings. The van der Waals surface area contributed by atoms with E-state index in [-0.39, 0.29) is 11.4 Å². The lowest BCUT2D eigenvalue weighted by Gasteiger charge is -2.15. The van der Waals surface area contributed by atoms with E-state index in [4.69, 9.17) is 16.9 Å². The van der Waals surface area contributed by atoms with Crippen LogP contribution in [0.1, 0.15) is 24.6 Å². The van der Waals surface area contributed by atoms with E-state index in [1.165, 1.54) is 0 Å². The Morgan fingerprint density at radius 3 is 2.81 bits per heavy atom. The Kier molecular flexibility index (Phi) is 6.92. The first-order valence-corrected chi connectivity index (χ1v) is 9.61. The average Bonchev–Trinajstić information content (AvgIpc) is 2.74. The Hall–Kier alpha value is -3.80. The van der Waals surface area contributed by atoms with E-state index in [1.807, 2.05) is 30.3 Å². The lowest BCUT2D eigenvalue weighted by atomic mass is 10.0. The van der Waals surface area contributed by atoms with E-state index in [1.54, 1.807) is 37.3 Å². The fraction of sp³-hybridized carbons (Fsp3) is 0.136. The second-order valence-corrected chi connectivity index (χ2v) is 7.08. The first-order valence-electron chi connectivity index (χ1n) is 9.23. The highest BCUT2D eigenvalue weighted by molar-refractivity contribution is 6.31. The van der Waals surface area contributed by atoms with Gasteiger partial charge in [0.2, 0.25) is 0 Å². The van der Waals surface area contributed by atoms with Gasteiger partial charge in [0, 0.05) is 5.02 Å². The van der Waals surface area contributed by atoms with Gasteiger partial charge in [-0.1, -0.05) is 48.0 Å². The lowest BCUT2D eigenvalue weighted by Crippen LogP contribution is -2.33. The van der Waals surface area contributed by atoms with Gasteiger partial charge < -0.3 is 10.1 Å². The molecule has 1 atom stereocenters. The summed E-state index contributed by atoms with van der Waals surface area (Å²) in [6.45, 7) is 1.67. The molecular weight excluding hydrogens is 418 g/mol. The fourth-order valence-corrected chi connectivity index (χ4v) is 2.99. The third-order valence-electron chi connectivity index (χ3n) is 4.32. The van der Waals surface area contributed by atoms with Gasteiger partial charge in [-0.2, -0.15) is 10.4 Å². The normalized spacial score (nSPS) is 13.0. The Labute approximate surface area is 182 Å². The first kappa shape index (κ1) is 21.9. The lowest BCUT2D eigenvalue weighted by molar-refractivity contribution is -0.120. The monoisotopic (exact) mass is 435 g/mol. The number of hydrogen-bond acceptors (Lipinski definition) is 6. The summed E-state index contributed by atoms with van der Waals surface area (Å²) in [6, 6.07) is 15.8. The number of aromatic amines is 1. The molecule has 0 aliphatic rings. The van der Waals surface area contributed by atoms with Gasteiger partial charge in [0.05, 0.1) is 17.1 Å². The SMILES string of the molecule is C/C(=C\c1ccccc1)C(O)/C(=N\NC(=O)CC#N)c1nc2ccc(Cl)cc2[nH]c1=O. The average molecular weight is 436 g/mol. The van der Waals surface area contributed by atoms with Gasteiger partial charge in [-0.25, -0.2) is 10.4 Å². The molecule has 9 heteroatoms. The van der Waals surface area contributed by atoms with Gasteiger partial charge in [0.15, 0.2) is 5.69 Å². The topological polar surface area (TPSA) is 131 Å². The Morgan fingerprint density at radius 2 is 2.10 bits per heavy atom. The molecule has 8 nitrogen and oxygen atoms in total. The Morgan fingerprint density at radius 1 is 1.35 bits per heavy atom. The van der Waals surface area contributed by atoms with Crippen LogP contribution in [-0.2, 0) is 4.79 Å². The van der Waals surface area contributed by atoms with E-state index in [0.29, 0.717) is 21.6 Å². The molecule has 3 rings (SSSR count). The van der Waals surface area contributed by atoms with E-state index >= 15 is 0 Å². The number of nitrogens with zero attached hydrogens (tertiary/aromatic N) is 3. The van der Waals surface area contributed by atoms with Crippen LogP contribution in [0.25, 0.3) is 17.1 Å². The van der Waals surface area contributed by atoms with Crippen molar-refractivity contribution in [2.24, 2.45) is 5.10 Å². The molecule has 1 heterocycles. The van der Waals surface area contributed by atoms with E-state index in [9.17, 15) is 14.7 Å². The molecule has 1 amide bonds. The highest BCUT2D eigenvalue weighted by atomic mass is 35.5. The van der Waals surface area contributed by atoms with Crippen LogP contribution in [0.15, 0.2) is 64.0 Å². The summed E-state index contributed by atoms with van der Waals surface area (Å²) in [7, 11) is 0. The van der Waals surface area contributed by atoms with Crippen LogP contribution in [0.5, 0.6) is 0 Å². The number of benzene rings is 2. The molecule has 156 valence electrons. The molecule has 0 aliphatic carbocycles.